The van der Waals surface area contributed by atoms with E-state index in [4.69, 9.17) is 4.98 Å². The Morgan fingerprint density at radius 3 is 1.82 bits per heavy atom. The third-order valence-corrected chi connectivity index (χ3v) is 8.81. The first-order valence-electron chi connectivity index (χ1n) is 20.4. The van der Waals surface area contributed by atoms with Crippen LogP contribution in [0.5, 0.6) is 0 Å². The van der Waals surface area contributed by atoms with Gasteiger partial charge in [-0.25, -0.2) is 4.98 Å². The van der Waals surface area contributed by atoms with E-state index in [1.165, 1.54) is 73.0 Å². The molecule has 0 bridgehead atoms. The summed E-state index contributed by atoms with van der Waals surface area (Å²) in [5.41, 5.74) is 8.93. The molecule has 0 aliphatic rings. The van der Waals surface area contributed by atoms with Crippen molar-refractivity contribution in [2.75, 3.05) is 4.90 Å². The van der Waals surface area contributed by atoms with Gasteiger partial charge in [-0.15, -0.1) is 13.2 Å². The number of hydrogen-bond donors (Lipinski definition) is 0. The lowest BCUT2D eigenvalue weighted by Gasteiger charge is -2.28. The fraction of sp³-hybridized carbons (Fsp3) is 0.315. The molecular weight excluding hydrogens is 677 g/mol. The summed E-state index contributed by atoms with van der Waals surface area (Å²) in [6, 6.07) is 31.1. The third kappa shape index (κ3) is 13.5. The van der Waals surface area contributed by atoms with Crippen molar-refractivity contribution >= 4 is 49.5 Å². The van der Waals surface area contributed by atoms with E-state index in [0.29, 0.717) is 0 Å². The minimum atomic E-state index is 0.104. The molecule has 0 unspecified atom stereocenters. The molecule has 2 nitrogen and oxygen atoms in total. The normalized spacial score (nSPS) is 10.7. The Morgan fingerprint density at radius 2 is 1.36 bits per heavy atom. The molecule has 0 aliphatic heterocycles. The first-order chi connectivity index (χ1) is 26.9. The predicted octanol–water partition coefficient (Wildman–Crippen LogP) is 17.7. The van der Waals surface area contributed by atoms with Crippen LogP contribution in [0.2, 0.25) is 0 Å². The van der Waals surface area contributed by atoms with Crippen LogP contribution in [0.25, 0.3) is 32.3 Å². The predicted molar refractivity (Wildman–Crippen MR) is 258 cm³/mol. The molecule has 0 saturated heterocycles. The standard InChI is InChI=1S/C33H30N2.C9H16.C6H10.2C2H6.C2H4/c1-21-9-13-26(14-10-21)35(30-8-6-7-17-34-30)29-18-22(2)27-15-11-23-19-25(33(3,4)5)20-24-12-16-28(29)32(27)31(23)24;1-4-6-8-9(3)7-5-2;1-4-5-6(2)3;3*1-2/h6-20H,1-5H3;5,7-8H,4,6H2,1-3H3;4-5H,1H2,2-3H3;2*1-2H3;1-2H2/b;7-5-,9-8-;;;;. The minimum Gasteiger partial charge on any atom is -0.294 e. The number of nitrogens with zero attached hydrogens (tertiary/aromatic N) is 2. The molecule has 298 valence electrons. The highest BCUT2D eigenvalue weighted by Gasteiger charge is 2.22. The van der Waals surface area contributed by atoms with Crippen molar-refractivity contribution in [3.05, 3.63) is 169 Å². The van der Waals surface area contributed by atoms with Gasteiger partial charge in [0.25, 0.3) is 0 Å². The summed E-state index contributed by atoms with van der Waals surface area (Å²) >= 11 is 0. The largest absolute Gasteiger partial charge is 0.294 e. The number of aryl methyl sites for hydroxylation is 2. The van der Waals surface area contributed by atoms with Gasteiger partial charge in [-0.05, 0) is 122 Å². The van der Waals surface area contributed by atoms with Crippen molar-refractivity contribution < 1.29 is 0 Å². The average Bonchev–Trinajstić information content (AvgIpc) is 3.20. The third-order valence-electron chi connectivity index (χ3n) is 8.81. The number of benzene rings is 5. The van der Waals surface area contributed by atoms with Crippen LogP contribution in [0.15, 0.2) is 152 Å². The van der Waals surface area contributed by atoms with E-state index in [-0.39, 0.29) is 5.41 Å². The van der Waals surface area contributed by atoms with Gasteiger partial charge in [-0.1, -0.05) is 170 Å². The second kappa shape index (κ2) is 25.0. The molecule has 1 aromatic heterocycles. The molecule has 56 heavy (non-hydrogen) atoms. The Morgan fingerprint density at radius 1 is 0.768 bits per heavy atom. The highest BCUT2D eigenvalue weighted by molar-refractivity contribution is 6.26. The van der Waals surface area contributed by atoms with E-state index in [2.05, 4.69) is 170 Å². The summed E-state index contributed by atoms with van der Waals surface area (Å²) in [5.74, 6) is 0.917. The van der Waals surface area contributed by atoms with E-state index in [1.54, 1.807) is 6.08 Å². The van der Waals surface area contributed by atoms with Gasteiger partial charge in [0.1, 0.15) is 5.82 Å². The van der Waals surface area contributed by atoms with Crippen LogP contribution >= 0.6 is 0 Å². The Labute approximate surface area is 342 Å². The fourth-order valence-electron chi connectivity index (χ4n) is 6.20. The molecule has 0 amide bonds. The van der Waals surface area contributed by atoms with Crippen LogP contribution in [0.4, 0.5) is 17.2 Å². The first kappa shape index (κ1) is 48.8. The van der Waals surface area contributed by atoms with Gasteiger partial charge in [0, 0.05) is 17.3 Å². The lowest BCUT2D eigenvalue weighted by atomic mass is 9.83. The molecule has 0 aliphatic carbocycles. The number of hydrogen-bond acceptors (Lipinski definition) is 2. The summed E-state index contributed by atoms with van der Waals surface area (Å²) in [6.07, 6.45) is 14.5. The topological polar surface area (TPSA) is 16.1 Å². The van der Waals surface area contributed by atoms with Crippen LogP contribution in [-0.4, -0.2) is 4.98 Å². The van der Waals surface area contributed by atoms with E-state index < -0.39 is 0 Å². The fourth-order valence-corrected chi connectivity index (χ4v) is 6.20. The van der Waals surface area contributed by atoms with E-state index in [1.807, 2.05) is 66.8 Å². The summed E-state index contributed by atoms with van der Waals surface area (Å²) in [5, 5.41) is 7.86. The number of aromatic nitrogens is 1. The Hall–Kier alpha value is -5.21. The van der Waals surface area contributed by atoms with Crippen LogP contribution < -0.4 is 4.90 Å². The van der Waals surface area contributed by atoms with Crippen molar-refractivity contribution in [1.82, 2.24) is 4.98 Å². The number of allylic oxidation sites excluding steroid dienone is 7. The molecule has 0 radical (unpaired) electrons. The Kier molecular flexibility index (Phi) is 21.8. The number of anilines is 3. The summed E-state index contributed by atoms with van der Waals surface area (Å²) in [6.45, 7) is 39.2. The van der Waals surface area contributed by atoms with Crippen molar-refractivity contribution in [2.24, 2.45) is 0 Å². The molecule has 0 spiro atoms. The molecular formula is C54H72N2. The lowest BCUT2D eigenvalue weighted by Crippen LogP contribution is -2.12. The second-order valence-corrected chi connectivity index (χ2v) is 14.4. The molecule has 6 rings (SSSR count). The molecule has 2 heteroatoms. The highest BCUT2D eigenvalue weighted by Crippen LogP contribution is 2.45. The van der Waals surface area contributed by atoms with Crippen LogP contribution in [0, 0.1) is 13.8 Å². The van der Waals surface area contributed by atoms with Crippen LogP contribution in [-0.2, 0) is 5.41 Å². The zero-order valence-electron chi connectivity index (χ0n) is 37.5. The van der Waals surface area contributed by atoms with Gasteiger partial charge in [0.05, 0.1) is 5.69 Å². The molecule has 0 fully saturated rings. The van der Waals surface area contributed by atoms with Gasteiger partial charge < -0.3 is 0 Å². The molecule has 0 saturated carbocycles. The average molecular weight is 749 g/mol. The van der Waals surface area contributed by atoms with Crippen molar-refractivity contribution in [2.45, 2.75) is 115 Å². The van der Waals surface area contributed by atoms with Gasteiger partial charge in [-0.2, -0.15) is 0 Å². The SMILES string of the molecule is C/C=C\C(C)=C/CCC.C=C.C=CC=C(C)C.CC.CC.Cc1ccc(N(c2ccccn2)c2cc(C)c3ccc4cc(C(C)(C)C)cc5ccc2c3c45)cc1. The number of rotatable bonds is 7. The molecule has 0 N–H and O–H groups in total. The van der Waals surface area contributed by atoms with Crippen molar-refractivity contribution in [3.63, 3.8) is 0 Å². The lowest BCUT2D eigenvalue weighted by molar-refractivity contribution is 0.591. The maximum absolute atomic E-state index is 4.76. The monoisotopic (exact) mass is 749 g/mol. The number of unbranched alkanes of at least 4 members (excludes halogenated alkanes) is 1. The van der Waals surface area contributed by atoms with E-state index in [0.717, 1.165) is 17.2 Å². The maximum atomic E-state index is 4.76. The second-order valence-electron chi connectivity index (χ2n) is 14.4. The van der Waals surface area contributed by atoms with Crippen molar-refractivity contribution in [1.29, 1.82) is 0 Å². The van der Waals surface area contributed by atoms with Crippen LogP contribution in [0.1, 0.15) is 113 Å². The smallest absolute Gasteiger partial charge is 0.137 e. The highest BCUT2D eigenvalue weighted by atomic mass is 15.2. The van der Waals surface area contributed by atoms with Crippen molar-refractivity contribution in [3.8, 4) is 0 Å². The minimum absolute atomic E-state index is 0.104. The maximum Gasteiger partial charge on any atom is 0.137 e. The van der Waals surface area contributed by atoms with E-state index >= 15 is 0 Å². The molecule has 0 atom stereocenters. The van der Waals surface area contributed by atoms with Gasteiger partial charge >= 0.3 is 0 Å². The van der Waals surface area contributed by atoms with Gasteiger partial charge in [-0.3, -0.25) is 4.90 Å². The van der Waals surface area contributed by atoms with Gasteiger partial charge in [0.2, 0.25) is 0 Å². The molecule has 6 aromatic rings. The summed E-state index contributed by atoms with van der Waals surface area (Å²) < 4.78 is 0. The Balaban J connectivity index is 0.000000625. The summed E-state index contributed by atoms with van der Waals surface area (Å²) in [4.78, 5) is 7.05. The first-order valence-corrected chi connectivity index (χ1v) is 20.4. The molecule has 5 aromatic carbocycles. The zero-order chi connectivity index (χ0) is 42.4. The quantitative estimate of drug-likeness (QED) is 0.0918. The number of pyridine rings is 1. The van der Waals surface area contributed by atoms with Gasteiger partial charge in [0.15, 0.2) is 0 Å². The van der Waals surface area contributed by atoms with E-state index in [9.17, 15) is 0 Å². The Bertz CT molecular complexity index is 2100. The summed E-state index contributed by atoms with van der Waals surface area (Å²) in [7, 11) is 0. The zero-order valence-corrected chi connectivity index (χ0v) is 37.5. The molecule has 1 heterocycles. The van der Waals surface area contributed by atoms with Crippen LogP contribution in [0.3, 0.4) is 0 Å².